The van der Waals surface area contributed by atoms with Gasteiger partial charge in [0, 0.05) is 5.56 Å². The third kappa shape index (κ3) is 1.92. The Morgan fingerprint density at radius 1 is 0.941 bits per heavy atom. The lowest BCUT2D eigenvalue weighted by Crippen LogP contribution is -1.98. The van der Waals surface area contributed by atoms with Crippen molar-refractivity contribution in [1.82, 2.24) is 20.2 Å². The van der Waals surface area contributed by atoms with Crippen LogP contribution in [0.4, 0.5) is 0 Å². The second-order valence-electron chi connectivity index (χ2n) is 3.53. The first-order valence-corrected chi connectivity index (χ1v) is 5.25. The molecule has 1 aromatic heterocycles. The van der Waals surface area contributed by atoms with Gasteiger partial charge in [-0.3, -0.25) is 0 Å². The summed E-state index contributed by atoms with van der Waals surface area (Å²) in [6.07, 6.45) is 0. The van der Waals surface area contributed by atoms with Gasteiger partial charge in [0.05, 0.1) is 5.69 Å². The highest BCUT2D eigenvalue weighted by Gasteiger charge is 2.05. The van der Waals surface area contributed by atoms with Crippen molar-refractivity contribution in [2.24, 2.45) is 0 Å². The minimum atomic E-state index is 0.614. The minimum absolute atomic E-state index is 0.614. The van der Waals surface area contributed by atoms with Crippen LogP contribution in [-0.2, 0) is 0 Å². The predicted octanol–water partition coefficient (Wildman–Crippen LogP) is 2.13. The fourth-order valence-electron chi connectivity index (χ4n) is 1.54. The first kappa shape index (κ1) is 9.72. The van der Waals surface area contributed by atoms with Gasteiger partial charge in [-0.1, -0.05) is 42.5 Å². The number of benzene rings is 2. The third-order valence-electron chi connectivity index (χ3n) is 2.38. The molecule has 0 saturated heterocycles. The van der Waals surface area contributed by atoms with Gasteiger partial charge in [0.15, 0.2) is 0 Å². The largest absolute Gasteiger partial charge is 0.205 e. The van der Waals surface area contributed by atoms with E-state index in [1.54, 1.807) is 0 Å². The molecule has 0 fully saturated rings. The van der Waals surface area contributed by atoms with Gasteiger partial charge in [0.25, 0.3) is 0 Å². The molecule has 4 heteroatoms. The number of tetrazole rings is 1. The molecular formula is C13H9N4. The Morgan fingerprint density at radius 2 is 1.71 bits per heavy atom. The molecule has 0 spiro atoms. The smallest absolute Gasteiger partial charge is 0.130 e. The number of hydrogen-bond donors (Lipinski definition) is 0. The maximum atomic E-state index is 4.33. The molecule has 0 N–H and O–H groups in total. The van der Waals surface area contributed by atoms with Gasteiger partial charge in [0.1, 0.15) is 0 Å². The van der Waals surface area contributed by atoms with Crippen LogP contribution in [0.1, 0.15) is 0 Å². The van der Waals surface area contributed by atoms with Gasteiger partial charge in [-0.05, 0) is 23.4 Å². The molecule has 0 aliphatic rings. The molecule has 3 rings (SSSR count). The van der Waals surface area contributed by atoms with Crippen LogP contribution in [0.5, 0.6) is 0 Å². The second kappa shape index (κ2) is 4.17. The molecule has 1 radical (unpaired) electrons. The van der Waals surface area contributed by atoms with Crippen molar-refractivity contribution in [2.75, 3.05) is 0 Å². The van der Waals surface area contributed by atoms with E-state index in [4.69, 9.17) is 0 Å². The summed E-state index contributed by atoms with van der Waals surface area (Å²) in [4.78, 5) is 1.52. The first-order chi connectivity index (χ1) is 8.43. The van der Waals surface area contributed by atoms with Crippen molar-refractivity contribution in [3.05, 3.63) is 60.7 Å². The van der Waals surface area contributed by atoms with Crippen molar-refractivity contribution in [1.29, 1.82) is 0 Å². The summed E-state index contributed by atoms with van der Waals surface area (Å²) in [7, 11) is 0. The Labute approximate surface area is 98.5 Å². The number of aromatic nitrogens is 4. The third-order valence-corrected chi connectivity index (χ3v) is 2.38. The number of nitrogens with zero attached hydrogens (tertiary/aromatic N) is 4. The van der Waals surface area contributed by atoms with Crippen LogP contribution in [0.25, 0.3) is 17.1 Å². The lowest BCUT2D eigenvalue weighted by molar-refractivity contribution is 0.720. The molecule has 0 amide bonds. The van der Waals surface area contributed by atoms with Crippen molar-refractivity contribution in [3.8, 4) is 17.1 Å². The van der Waals surface area contributed by atoms with E-state index in [9.17, 15) is 0 Å². The SMILES string of the molecule is [c]1ccc(-c2nnn(-c3ccccc3)n2)cc1. The van der Waals surface area contributed by atoms with Crippen LogP contribution in [0.15, 0.2) is 54.6 Å². The van der Waals surface area contributed by atoms with Crippen LogP contribution in [-0.4, -0.2) is 20.2 Å². The molecule has 2 aromatic carbocycles. The summed E-state index contributed by atoms with van der Waals surface area (Å²) < 4.78 is 0. The van der Waals surface area contributed by atoms with E-state index < -0.39 is 0 Å². The van der Waals surface area contributed by atoms with Gasteiger partial charge < -0.3 is 0 Å². The molecule has 81 valence electrons. The fraction of sp³-hybridized carbons (Fsp3) is 0. The summed E-state index contributed by atoms with van der Waals surface area (Å²) in [5.41, 5.74) is 1.83. The molecular weight excluding hydrogens is 212 g/mol. The van der Waals surface area contributed by atoms with Gasteiger partial charge in [0.2, 0.25) is 5.82 Å². The molecule has 4 nitrogen and oxygen atoms in total. The average Bonchev–Trinajstić information content (AvgIpc) is 2.90. The van der Waals surface area contributed by atoms with Gasteiger partial charge >= 0.3 is 0 Å². The molecule has 0 atom stereocenters. The summed E-state index contributed by atoms with van der Waals surface area (Å²) in [6.45, 7) is 0. The Balaban J connectivity index is 1.99. The Morgan fingerprint density at radius 3 is 2.47 bits per heavy atom. The van der Waals surface area contributed by atoms with E-state index in [1.165, 1.54) is 4.80 Å². The van der Waals surface area contributed by atoms with Crippen LogP contribution in [0, 0.1) is 6.07 Å². The highest BCUT2D eigenvalue weighted by molar-refractivity contribution is 5.53. The fourth-order valence-corrected chi connectivity index (χ4v) is 1.54. The standard InChI is InChI=1S/C13H9N4/c1-3-7-11(8-4-1)13-14-16-17(15-13)12-9-5-2-6-10-12/h2-10H. The molecule has 0 aliphatic heterocycles. The van der Waals surface area contributed by atoms with E-state index in [-0.39, 0.29) is 0 Å². The second-order valence-corrected chi connectivity index (χ2v) is 3.53. The Hall–Kier alpha value is -2.49. The van der Waals surface area contributed by atoms with Crippen molar-refractivity contribution >= 4 is 0 Å². The van der Waals surface area contributed by atoms with Gasteiger partial charge in [-0.15, -0.1) is 15.0 Å². The van der Waals surface area contributed by atoms with E-state index in [0.717, 1.165) is 11.3 Å². The van der Waals surface area contributed by atoms with Crippen molar-refractivity contribution in [3.63, 3.8) is 0 Å². The van der Waals surface area contributed by atoms with E-state index in [0.29, 0.717) is 5.82 Å². The summed E-state index contributed by atoms with van der Waals surface area (Å²) in [6, 6.07) is 20.1. The monoisotopic (exact) mass is 221 g/mol. The maximum Gasteiger partial charge on any atom is 0.205 e. The molecule has 0 aliphatic carbocycles. The van der Waals surface area contributed by atoms with Crippen LogP contribution < -0.4 is 0 Å². The molecule has 17 heavy (non-hydrogen) atoms. The minimum Gasteiger partial charge on any atom is -0.130 e. The molecule has 0 saturated carbocycles. The van der Waals surface area contributed by atoms with Gasteiger partial charge in [-0.2, -0.15) is 0 Å². The summed E-state index contributed by atoms with van der Waals surface area (Å²) >= 11 is 0. The van der Waals surface area contributed by atoms with Crippen molar-refractivity contribution < 1.29 is 0 Å². The maximum absolute atomic E-state index is 4.33. The van der Waals surface area contributed by atoms with Crippen molar-refractivity contribution in [2.45, 2.75) is 0 Å². The van der Waals surface area contributed by atoms with E-state index in [1.807, 2.05) is 54.6 Å². The number of para-hydroxylation sites is 1. The van der Waals surface area contributed by atoms with Crippen LogP contribution in [0.3, 0.4) is 0 Å². The Kier molecular flexibility index (Phi) is 2.38. The molecule has 3 aromatic rings. The highest BCUT2D eigenvalue weighted by atomic mass is 15.6. The topological polar surface area (TPSA) is 43.6 Å². The predicted molar refractivity (Wildman–Crippen MR) is 63.4 cm³/mol. The van der Waals surface area contributed by atoms with Crippen LogP contribution >= 0.6 is 0 Å². The normalized spacial score (nSPS) is 10.4. The highest BCUT2D eigenvalue weighted by Crippen LogP contribution is 2.13. The molecule has 0 unspecified atom stereocenters. The zero-order chi connectivity index (χ0) is 11.5. The summed E-state index contributed by atoms with van der Waals surface area (Å²) in [5, 5.41) is 12.4. The molecule has 1 heterocycles. The van der Waals surface area contributed by atoms with E-state index in [2.05, 4.69) is 21.5 Å². The zero-order valence-corrected chi connectivity index (χ0v) is 8.99. The zero-order valence-electron chi connectivity index (χ0n) is 8.99. The lowest BCUT2D eigenvalue weighted by Gasteiger charge is -1.95. The average molecular weight is 221 g/mol. The number of hydrogen-bond acceptors (Lipinski definition) is 3. The number of rotatable bonds is 2. The first-order valence-electron chi connectivity index (χ1n) is 5.25. The molecule has 0 bridgehead atoms. The van der Waals surface area contributed by atoms with Gasteiger partial charge in [-0.25, -0.2) is 0 Å². The quantitative estimate of drug-likeness (QED) is 0.665. The summed E-state index contributed by atoms with van der Waals surface area (Å²) in [5.74, 6) is 0.614. The lowest BCUT2D eigenvalue weighted by atomic mass is 10.2. The Bertz CT molecular complexity index is 548. The van der Waals surface area contributed by atoms with Crippen LogP contribution in [0.2, 0.25) is 0 Å². The van der Waals surface area contributed by atoms with E-state index >= 15 is 0 Å².